The van der Waals surface area contributed by atoms with Crippen LogP contribution in [0.4, 0.5) is 11.5 Å². The minimum Gasteiger partial charge on any atom is -0.360 e. The van der Waals surface area contributed by atoms with Crippen molar-refractivity contribution in [3.8, 4) is 0 Å². The Kier molecular flexibility index (Phi) is 3.91. The van der Waals surface area contributed by atoms with Gasteiger partial charge in [-0.1, -0.05) is 28.4 Å². The van der Waals surface area contributed by atoms with Gasteiger partial charge in [-0.3, -0.25) is 14.9 Å². The van der Waals surface area contributed by atoms with Crippen molar-refractivity contribution in [3.05, 3.63) is 49.7 Å². The molecule has 1 aromatic heterocycles. The molecule has 1 aromatic carbocycles. The number of benzene rings is 1. The number of aromatic nitrogens is 1. The van der Waals surface area contributed by atoms with Gasteiger partial charge in [-0.25, -0.2) is 0 Å². The molecule has 0 radical (unpaired) electrons. The third-order valence-electron chi connectivity index (χ3n) is 2.34. The number of anilines is 1. The Bertz CT molecular complexity index is 699. The maximum absolute atomic E-state index is 11.9. The zero-order valence-electron chi connectivity index (χ0n) is 10.0. The van der Waals surface area contributed by atoms with Crippen LogP contribution < -0.4 is 5.32 Å². The quantitative estimate of drug-likeness (QED) is 0.690. The molecular formula is C11H7Cl2N3O4. The number of hydrogen-bond acceptors (Lipinski definition) is 5. The summed E-state index contributed by atoms with van der Waals surface area (Å²) in [6.07, 6.45) is 0. The molecule has 1 heterocycles. The first-order chi connectivity index (χ1) is 9.38. The molecule has 0 aliphatic carbocycles. The SMILES string of the molecule is Cc1cc(NC(=O)c2cc(Cl)c(Cl)c([N+](=O)[O-])c2)no1. The number of carbonyl (C=O) groups is 1. The summed E-state index contributed by atoms with van der Waals surface area (Å²) in [6.45, 7) is 1.66. The molecule has 0 aliphatic heterocycles. The van der Waals surface area contributed by atoms with Gasteiger partial charge in [0, 0.05) is 17.7 Å². The highest BCUT2D eigenvalue weighted by molar-refractivity contribution is 6.43. The van der Waals surface area contributed by atoms with Gasteiger partial charge in [0.25, 0.3) is 11.6 Å². The van der Waals surface area contributed by atoms with E-state index in [2.05, 4.69) is 10.5 Å². The average Bonchev–Trinajstić information content (AvgIpc) is 2.77. The number of nitro groups is 1. The van der Waals surface area contributed by atoms with Crippen LogP contribution in [0.15, 0.2) is 22.7 Å². The Hall–Kier alpha value is -2.12. The van der Waals surface area contributed by atoms with Crippen molar-refractivity contribution in [3.63, 3.8) is 0 Å². The average molecular weight is 316 g/mol. The van der Waals surface area contributed by atoms with Crippen molar-refractivity contribution < 1.29 is 14.2 Å². The smallest absolute Gasteiger partial charge is 0.290 e. The number of nitro benzene ring substituents is 1. The van der Waals surface area contributed by atoms with Gasteiger partial charge in [-0.2, -0.15) is 0 Å². The third-order valence-corrected chi connectivity index (χ3v) is 3.13. The summed E-state index contributed by atoms with van der Waals surface area (Å²) in [5.41, 5.74) is -0.451. The van der Waals surface area contributed by atoms with Crippen LogP contribution in [0.5, 0.6) is 0 Å². The van der Waals surface area contributed by atoms with Gasteiger partial charge in [0.05, 0.1) is 9.95 Å². The van der Waals surface area contributed by atoms with Crippen molar-refractivity contribution >= 4 is 40.6 Å². The lowest BCUT2D eigenvalue weighted by Crippen LogP contribution is -2.12. The van der Waals surface area contributed by atoms with E-state index in [9.17, 15) is 14.9 Å². The fourth-order valence-electron chi connectivity index (χ4n) is 1.45. The largest absolute Gasteiger partial charge is 0.360 e. The zero-order chi connectivity index (χ0) is 14.9. The number of rotatable bonds is 3. The van der Waals surface area contributed by atoms with Crippen LogP contribution in [0.1, 0.15) is 16.1 Å². The summed E-state index contributed by atoms with van der Waals surface area (Å²) in [7, 11) is 0. The molecule has 0 saturated heterocycles. The van der Waals surface area contributed by atoms with Crippen LogP contribution in [0.2, 0.25) is 10.0 Å². The Balaban J connectivity index is 2.32. The Morgan fingerprint density at radius 2 is 2.10 bits per heavy atom. The van der Waals surface area contributed by atoms with Crippen LogP contribution in [0.3, 0.4) is 0 Å². The molecule has 1 N–H and O–H groups in total. The fraction of sp³-hybridized carbons (Fsp3) is 0.0909. The predicted octanol–water partition coefficient (Wildman–Crippen LogP) is 3.45. The number of nitrogens with zero attached hydrogens (tertiary/aromatic N) is 2. The normalized spacial score (nSPS) is 10.3. The number of amides is 1. The lowest BCUT2D eigenvalue weighted by molar-refractivity contribution is -0.384. The maximum atomic E-state index is 11.9. The van der Waals surface area contributed by atoms with Gasteiger partial charge >= 0.3 is 0 Å². The first-order valence-electron chi connectivity index (χ1n) is 5.26. The van der Waals surface area contributed by atoms with Gasteiger partial charge in [0.2, 0.25) is 0 Å². The van der Waals surface area contributed by atoms with Crippen LogP contribution >= 0.6 is 23.2 Å². The molecular weight excluding hydrogens is 309 g/mol. The molecule has 20 heavy (non-hydrogen) atoms. The van der Waals surface area contributed by atoms with E-state index in [1.54, 1.807) is 6.92 Å². The number of carbonyl (C=O) groups excluding carboxylic acids is 1. The lowest BCUT2D eigenvalue weighted by atomic mass is 10.2. The number of aryl methyl sites for hydroxylation is 1. The standard InChI is InChI=1S/C11H7Cl2N3O4/c1-5-2-9(15-20-5)14-11(17)6-3-7(12)10(13)8(4-6)16(18)19/h2-4H,1H3,(H,14,15,17). The Morgan fingerprint density at radius 3 is 2.65 bits per heavy atom. The zero-order valence-corrected chi connectivity index (χ0v) is 11.5. The van der Waals surface area contributed by atoms with Gasteiger partial charge in [-0.05, 0) is 13.0 Å². The van der Waals surface area contributed by atoms with Crippen molar-refractivity contribution in [1.29, 1.82) is 0 Å². The lowest BCUT2D eigenvalue weighted by Gasteiger charge is -2.04. The van der Waals surface area contributed by atoms with E-state index < -0.39 is 16.5 Å². The molecule has 0 aliphatic rings. The van der Waals surface area contributed by atoms with E-state index in [0.29, 0.717) is 5.76 Å². The molecule has 0 saturated carbocycles. The molecule has 1 amide bonds. The highest BCUT2D eigenvalue weighted by atomic mass is 35.5. The van der Waals surface area contributed by atoms with Gasteiger partial charge < -0.3 is 9.84 Å². The summed E-state index contributed by atoms with van der Waals surface area (Å²) in [4.78, 5) is 22.0. The van der Waals surface area contributed by atoms with E-state index in [1.165, 1.54) is 12.1 Å². The fourth-order valence-corrected chi connectivity index (χ4v) is 1.84. The molecule has 0 bridgehead atoms. The second-order valence-electron chi connectivity index (χ2n) is 3.83. The number of halogens is 2. The molecule has 0 spiro atoms. The second kappa shape index (κ2) is 5.48. The second-order valence-corrected chi connectivity index (χ2v) is 4.61. The summed E-state index contributed by atoms with van der Waals surface area (Å²) in [6, 6.07) is 3.78. The molecule has 9 heteroatoms. The van der Waals surface area contributed by atoms with E-state index >= 15 is 0 Å². The predicted molar refractivity (Wildman–Crippen MR) is 72.3 cm³/mol. The monoisotopic (exact) mass is 315 g/mol. The molecule has 0 fully saturated rings. The van der Waals surface area contributed by atoms with E-state index in [-0.39, 0.29) is 21.4 Å². The highest BCUT2D eigenvalue weighted by Crippen LogP contribution is 2.33. The molecule has 0 unspecified atom stereocenters. The van der Waals surface area contributed by atoms with Crippen molar-refractivity contribution in [2.75, 3.05) is 5.32 Å². The molecule has 2 aromatic rings. The summed E-state index contributed by atoms with van der Waals surface area (Å²) >= 11 is 11.5. The molecule has 0 atom stereocenters. The van der Waals surface area contributed by atoms with E-state index in [1.807, 2.05) is 0 Å². The summed E-state index contributed by atoms with van der Waals surface area (Å²) in [5.74, 6) is 0.0987. The molecule has 2 rings (SSSR count). The van der Waals surface area contributed by atoms with Crippen molar-refractivity contribution in [1.82, 2.24) is 5.16 Å². The molecule has 104 valence electrons. The van der Waals surface area contributed by atoms with Crippen LogP contribution in [-0.2, 0) is 0 Å². The first-order valence-corrected chi connectivity index (χ1v) is 6.02. The summed E-state index contributed by atoms with van der Waals surface area (Å²) in [5, 5.41) is 16.5. The van der Waals surface area contributed by atoms with Crippen LogP contribution in [-0.4, -0.2) is 16.0 Å². The minimum absolute atomic E-state index is 0.00764. The van der Waals surface area contributed by atoms with E-state index in [4.69, 9.17) is 27.7 Å². The van der Waals surface area contributed by atoms with Crippen molar-refractivity contribution in [2.24, 2.45) is 0 Å². The highest BCUT2D eigenvalue weighted by Gasteiger charge is 2.20. The van der Waals surface area contributed by atoms with Gasteiger partial charge in [0.15, 0.2) is 5.82 Å². The number of nitrogens with one attached hydrogen (secondary N) is 1. The molecule has 7 nitrogen and oxygen atoms in total. The summed E-state index contributed by atoms with van der Waals surface area (Å²) < 4.78 is 4.79. The first kappa shape index (κ1) is 14.3. The Labute approximate surface area is 122 Å². The van der Waals surface area contributed by atoms with Gasteiger partial charge in [0.1, 0.15) is 10.8 Å². The minimum atomic E-state index is -0.717. The maximum Gasteiger partial charge on any atom is 0.290 e. The topological polar surface area (TPSA) is 98.3 Å². The number of hydrogen-bond donors (Lipinski definition) is 1. The van der Waals surface area contributed by atoms with Crippen molar-refractivity contribution in [2.45, 2.75) is 6.92 Å². The third kappa shape index (κ3) is 2.89. The van der Waals surface area contributed by atoms with Gasteiger partial charge in [-0.15, -0.1) is 0 Å². The van der Waals surface area contributed by atoms with Crippen LogP contribution in [0.25, 0.3) is 0 Å². The van der Waals surface area contributed by atoms with Crippen LogP contribution in [0, 0.1) is 17.0 Å². The Morgan fingerprint density at radius 1 is 1.40 bits per heavy atom. The van der Waals surface area contributed by atoms with E-state index in [0.717, 1.165) is 6.07 Å².